The molecule has 4 nitrogen and oxygen atoms in total. The minimum absolute atomic E-state index is 0.163. The SMILES string of the molecule is C[C@@H](NC(=O)C(=CO)c1ccc(-c2ccc(OC3CCC3)cc2)cc1)c1ccccc1. The van der Waals surface area contributed by atoms with Crippen molar-refractivity contribution in [2.24, 2.45) is 0 Å². The Labute approximate surface area is 183 Å². The van der Waals surface area contributed by atoms with Gasteiger partial charge in [0.1, 0.15) is 5.75 Å². The number of aliphatic hydroxyl groups excluding tert-OH is 1. The number of nitrogens with one attached hydrogen (secondary N) is 1. The lowest BCUT2D eigenvalue weighted by Crippen LogP contribution is -2.27. The summed E-state index contributed by atoms with van der Waals surface area (Å²) in [5.41, 5.74) is 4.01. The van der Waals surface area contributed by atoms with Crippen LogP contribution in [-0.4, -0.2) is 17.1 Å². The number of ether oxygens (including phenoxy) is 1. The van der Waals surface area contributed by atoms with Gasteiger partial charge in [0, 0.05) is 0 Å². The number of amides is 1. The van der Waals surface area contributed by atoms with Crippen molar-refractivity contribution in [2.75, 3.05) is 0 Å². The van der Waals surface area contributed by atoms with Crippen LogP contribution in [0.3, 0.4) is 0 Å². The van der Waals surface area contributed by atoms with E-state index < -0.39 is 0 Å². The van der Waals surface area contributed by atoms with Crippen molar-refractivity contribution in [3.8, 4) is 16.9 Å². The average molecular weight is 414 g/mol. The Balaban J connectivity index is 1.42. The van der Waals surface area contributed by atoms with E-state index in [-0.39, 0.29) is 17.5 Å². The summed E-state index contributed by atoms with van der Waals surface area (Å²) in [4.78, 5) is 12.7. The Bertz CT molecular complexity index is 1040. The van der Waals surface area contributed by atoms with E-state index in [4.69, 9.17) is 4.74 Å². The molecule has 31 heavy (non-hydrogen) atoms. The molecule has 3 aromatic carbocycles. The van der Waals surface area contributed by atoms with Gasteiger partial charge in [0.2, 0.25) is 0 Å². The summed E-state index contributed by atoms with van der Waals surface area (Å²) in [6.07, 6.45) is 4.77. The second-order valence-electron chi connectivity index (χ2n) is 7.92. The van der Waals surface area contributed by atoms with Crippen LogP contribution in [0.4, 0.5) is 0 Å². The molecule has 0 bridgehead atoms. The molecule has 1 saturated carbocycles. The molecule has 2 N–H and O–H groups in total. The zero-order valence-corrected chi connectivity index (χ0v) is 17.6. The molecule has 1 fully saturated rings. The van der Waals surface area contributed by atoms with Crippen LogP contribution in [0, 0.1) is 0 Å². The van der Waals surface area contributed by atoms with Gasteiger partial charge in [0.05, 0.1) is 24.0 Å². The van der Waals surface area contributed by atoms with E-state index in [0.29, 0.717) is 11.7 Å². The van der Waals surface area contributed by atoms with Crippen LogP contribution >= 0.6 is 0 Å². The van der Waals surface area contributed by atoms with E-state index in [1.54, 1.807) is 0 Å². The van der Waals surface area contributed by atoms with Crippen molar-refractivity contribution >= 4 is 11.5 Å². The van der Waals surface area contributed by atoms with E-state index in [2.05, 4.69) is 5.32 Å². The second-order valence-corrected chi connectivity index (χ2v) is 7.92. The topological polar surface area (TPSA) is 58.6 Å². The maximum absolute atomic E-state index is 12.7. The number of carbonyl (C=O) groups excluding carboxylic acids is 1. The fraction of sp³-hybridized carbons (Fsp3) is 0.222. The monoisotopic (exact) mass is 413 g/mol. The van der Waals surface area contributed by atoms with E-state index in [9.17, 15) is 9.90 Å². The van der Waals surface area contributed by atoms with Crippen molar-refractivity contribution in [3.63, 3.8) is 0 Å². The smallest absolute Gasteiger partial charge is 0.255 e. The van der Waals surface area contributed by atoms with Gasteiger partial charge in [-0.1, -0.05) is 66.7 Å². The molecular weight excluding hydrogens is 386 g/mol. The van der Waals surface area contributed by atoms with Gasteiger partial charge >= 0.3 is 0 Å². The number of benzene rings is 3. The summed E-state index contributed by atoms with van der Waals surface area (Å²) in [5, 5.41) is 12.7. The van der Waals surface area contributed by atoms with Gasteiger partial charge in [-0.2, -0.15) is 0 Å². The maximum atomic E-state index is 12.7. The van der Waals surface area contributed by atoms with Crippen LogP contribution in [0.15, 0.2) is 85.1 Å². The zero-order chi connectivity index (χ0) is 21.6. The van der Waals surface area contributed by atoms with Crippen molar-refractivity contribution in [2.45, 2.75) is 38.3 Å². The first-order chi connectivity index (χ1) is 15.1. The van der Waals surface area contributed by atoms with Crippen LogP contribution in [0.25, 0.3) is 16.7 Å². The van der Waals surface area contributed by atoms with Gasteiger partial charge in [-0.05, 0) is 60.6 Å². The standard InChI is InChI=1S/C27H27NO3/c1-19(20-6-3-2-4-7-20)28-27(30)26(18-29)23-12-10-21(11-13-23)22-14-16-25(17-15-22)31-24-8-5-9-24/h2-4,6-7,10-19,24,29H,5,8-9H2,1H3,(H,28,30)/t19-/m1/s1. The fourth-order valence-corrected chi connectivity index (χ4v) is 3.61. The zero-order valence-electron chi connectivity index (χ0n) is 17.6. The minimum Gasteiger partial charge on any atom is -0.515 e. The molecule has 0 spiro atoms. The summed E-state index contributed by atoms with van der Waals surface area (Å²) in [5.74, 6) is 0.587. The van der Waals surface area contributed by atoms with Crippen LogP contribution in [0.5, 0.6) is 5.75 Å². The molecule has 0 unspecified atom stereocenters. The summed E-state index contributed by atoms with van der Waals surface area (Å²) in [6.45, 7) is 1.92. The molecule has 0 aromatic heterocycles. The molecule has 158 valence electrons. The Morgan fingerprint density at radius 2 is 1.58 bits per heavy atom. The summed E-state index contributed by atoms with van der Waals surface area (Å²) < 4.78 is 5.92. The van der Waals surface area contributed by atoms with Crippen molar-refractivity contribution in [1.29, 1.82) is 0 Å². The lowest BCUT2D eigenvalue weighted by molar-refractivity contribution is -0.116. The van der Waals surface area contributed by atoms with Crippen LogP contribution in [0.2, 0.25) is 0 Å². The van der Waals surface area contributed by atoms with Crippen LogP contribution in [-0.2, 0) is 4.79 Å². The maximum Gasteiger partial charge on any atom is 0.255 e. The number of hydrogen-bond donors (Lipinski definition) is 2. The summed E-state index contributed by atoms with van der Waals surface area (Å²) in [6, 6.07) is 25.3. The van der Waals surface area contributed by atoms with Gasteiger partial charge in [0.15, 0.2) is 0 Å². The van der Waals surface area contributed by atoms with Crippen LogP contribution in [0.1, 0.15) is 43.4 Å². The Kier molecular flexibility index (Phi) is 6.37. The molecule has 4 rings (SSSR count). The van der Waals surface area contributed by atoms with Gasteiger partial charge < -0.3 is 15.2 Å². The number of hydrogen-bond acceptors (Lipinski definition) is 3. The Morgan fingerprint density at radius 1 is 0.968 bits per heavy atom. The highest BCUT2D eigenvalue weighted by Crippen LogP contribution is 2.28. The van der Waals surface area contributed by atoms with Gasteiger partial charge in [0.25, 0.3) is 5.91 Å². The largest absolute Gasteiger partial charge is 0.515 e. The Hall–Kier alpha value is -3.53. The second kappa shape index (κ2) is 9.52. The highest BCUT2D eigenvalue weighted by molar-refractivity contribution is 6.19. The average Bonchev–Trinajstić information content (AvgIpc) is 2.78. The molecule has 4 heteroatoms. The Morgan fingerprint density at radius 3 is 2.13 bits per heavy atom. The minimum atomic E-state index is -0.316. The lowest BCUT2D eigenvalue weighted by Gasteiger charge is -2.26. The summed E-state index contributed by atoms with van der Waals surface area (Å²) in [7, 11) is 0. The molecular formula is C27H27NO3. The molecule has 1 atom stereocenters. The van der Waals surface area contributed by atoms with E-state index in [1.807, 2.05) is 85.8 Å². The highest BCUT2D eigenvalue weighted by atomic mass is 16.5. The first kappa shape index (κ1) is 20.7. The van der Waals surface area contributed by atoms with E-state index in [1.165, 1.54) is 6.42 Å². The fourth-order valence-electron chi connectivity index (χ4n) is 3.61. The van der Waals surface area contributed by atoms with E-state index >= 15 is 0 Å². The molecule has 3 aromatic rings. The lowest BCUT2D eigenvalue weighted by atomic mass is 9.96. The third kappa shape index (κ3) is 4.97. The molecule has 0 heterocycles. The normalized spacial score (nSPS) is 15.1. The third-order valence-electron chi connectivity index (χ3n) is 5.76. The predicted molar refractivity (Wildman–Crippen MR) is 124 cm³/mol. The number of carbonyl (C=O) groups is 1. The number of rotatable bonds is 7. The van der Waals surface area contributed by atoms with Crippen molar-refractivity contribution in [3.05, 3.63) is 96.3 Å². The van der Waals surface area contributed by atoms with Gasteiger partial charge in [-0.15, -0.1) is 0 Å². The van der Waals surface area contributed by atoms with Crippen molar-refractivity contribution < 1.29 is 14.6 Å². The molecule has 0 radical (unpaired) electrons. The molecule has 1 amide bonds. The van der Waals surface area contributed by atoms with Gasteiger partial charge in [-0.25, -0.2) is 0 Å². The summed E-state index contributed by atoms with van der Waals surface area (Å²) >= 11 is 0. The van der Waals surface area contributed by atoms with Crippen LogP contribution < -0.4 is 10.1 Å². The first-order valence-corrected chi connectivity index (χ1v) is 10.7. The third-order valence-corrected chi connectivity index (χ3v) is 5.76. The first-order valence-electron chi connectivity index (χ1n) is 10.7. The van der Waals surface area contributed by atoms with Crippen molar-refractivity contribution in [1.82, 2.24) is 5.32 Å². The molecule has 0 saturated heterocycles. The highest BCUT2D eigenvalue weighted by Gasteiger charge is 2.19. The quantitative estimate of drug-likeness (QED) is 0.366. The predicted octanol–water partition coefficient (Wildman–Crippen LogP) is 6.06. The molecule has 1 aliphatic carbocycles. The molecule has 0 aliphatic heterocycles. The number of aliphatic hydroxyl groups is 1. The van der Waals surface area contributed by atoms with Gasteiger partial charge in [-0.3, -0.25) is 4.79 Å². The molecule has 1 aliphatic rings. The van der Waals surface area contributed by atoms with E-state index in [0.717, 1.165) is 41.5 Å².